The predicted molar refractivity (Wildman–Crippen MR) is 77.2 cm³/mol. The quantitative estimate of drug-likeness (QED) is 0.419. The molecule has 20 heavy (non-hydrogen) atoms. The van der Waals surface area contributed by atoms with Crippen molar-refractivity contribution in [3.8, 4) is 0 Å². The number of nitro groups is 1. The number of benzene rings is 1. The van der Waals surface area contributed by atoms with Crippen LogP contribution in [0.1, 0.15) is 31.1 Å². The first kappa shape index (κ1) is 15.9. The number of hydrogen-bond acceptors (Lipinski definition) is 5. The number of nitrogen functional groups attached to an aromatic ring is 1. The summed E-state index contributed by atoms with van der Waals surface area (Å²) < 4.78 is 0. The molecule has 0 aromatic heterocycles. The number of amides is 1. The van der Waals surface area contributed by atoms with Gasteiger partial charge in [0, 0.05) is 18.2 Å². The molecule has 4 N–H and O–H groups in total. The van der Waals surface area contributed by atoms with E-state index < -0.39 is 4.92 Å². The minimum Gasteiger partial charge on any atom is -0.352 e. The van der Waals surface area contributed by atoms with E-state index in [4.69, 9.17) is 5.84 Å². The number of nitrogens with one attached hydrogen (secondary N) is 2. The summed E-state index contributed by atoms with van der Waals surface area (Å²) in [5, 5.41) is 13.7. The van der Waals surface area contributed by atoms with Crippen LogP contribution in [0.15, 0.2) is 18.2 Å². The summed E-state index contributed by atoms with van der Waals surface area (Å²) in [6.45, 7) is 6.71. The summed E-state index contributed by atoms with van der Waals surface area (Å²) in [5.74, 6) is 5.65. The van der Waals surface area contributed by atoms with Crippen molar-refractivity contribution in [2.24, 2.45) is 17.7 Å². The van der Waals surface area contributed by atoms with E-state index in [-0.39, 0.29) is 22.8 Å². The molecule has 0 heterocycles. The molecule has 0 bridgehead atoms. The number of hydrogen-bond donors (Lipinski definition) is 3. The Balaban J connectivity index is 2.84. The van der Waals surface area contributed by atoms with Gasteiger partial charge < -0.3 is 10.7 Å². The highest BCUT2D eigenvalue weighted by molar-refractivity contribution is 5.95. The van der Waals surface area contributed by atoms with Gasteiger partial charge in [0.1, 0.15) is 5.69 Å². The Bertz CT molecular complexity index is 502. The minimum absolute atomic E-state index is 0.169. The zero-order valence-corrected chi connectivity index (χ0v) is 11.8. The monoisotopic (exact) mass is 280 g/mol. The van der Waals surface area contributed by atoms with Crippen LogP contribution in [0.4, 0.5) is 11.4 Å². The zero-order chi connectivity index (χ0) is 15.3. The molecule has 1 rings (SSSR count). The molecule has 7 nitrogen and oxygen atoms in total. The van der Waals surface area contributed by atoms with Gasteiger partial charge in [0.05, 0.1) is 4.92 Å². The van der Waals surface area contributed by atoms with Crippen molar-refractivity contribution < 1.29 is 9.72 Å². The fourth-order valence-corrected chi connectivity index (χ4v) is 1.54. The highest BCUT2D eigenvalue weighted by Crippen LogP contribution is 2.24. The highest BCUT2D eigenvalue weighted by atomic mass is 16.6. The lowest BCUT2D eigenvalue weighted by Crippen LogP contribution is -2.30. The number of carbonyl (C=O) groups is 1. The molecule has 110 valence electrons. The smallest absolute Gasteiger partial charge is 0.294 e. The molecule has 0 saturated carbocycles. The van der Waals surface area contributed by atoms with E-state index in [9.17, 15) is 14.9 Å². The molecule has 0 aliphatic heterocycles. The average molecular weight is 280 g/mol. The summed E-state index contributed by atoms with van der Waals surface area (Å²) in [7, 11) is 0. The van der Waals surface area contributed by atoms with Gasteiger partial charge in [-0.05, 0) is 24.0 Å². The van der Waals surface area contributed by atoms with E-state index in [1.165, 1.54) is 18.2 Å². The van der Waals surface area contributed by atoms with Gasteiger partial charge >= 0.3 is 0 Å². The fourth-order valence-electron chi connectivity index (χ4n) is 1.54. The Morgan fingerprint density at radius 3 is 2.55 bits per heavy atom. The van der Waals surface area contributed by atoms with Crippen LogP contribution in [-0.4, -0.2) is 17.4 Å². The molecule has 0 radical (unpaired) electrons. The Kier molecular flexibility index (Phi) is 5.45. The zero-order valence-electron chi connectivity index (χ0n) is 11.8. The summed E-state index contributed by atoms with van der Waals surface area (Å²) in [6.07, 6.45) is 0. The minimum atomic E-state index is -0.581. The van der Waals surface area contributed by atoms with Crippen LogP contribution >= 0.6 is 0 Å². The molecule has 0 spiro atoms. The number of nitrogens with zero attached hydrogens (tertiary/aromatic N) is 1. The molecule has 1 aromatic rings. The molecule has 1 atom stereocenters. The van der Waals surface area contributed by atoms with Crippen molar-refractivity contribution >= 4 is 17.3 Å². The van der Waals surface area contributed by atoms with E-state index in [1.807, 2.05) is 6.92 Å². The van der Waals surface area contributed by atoms with Crippen molar-refractivity contribution in [1.82, 2.24) is 5.32 Å². The Morgan fingerprint density at radius 1 is 1.40 bits per heavy atom. The lowest BCUT2D eigenvalue weighted by molar-refractivity contribution is -0.384. The van der Waals surface area contributed by atoms with E-state index >= 15 is 0 Å². The number of anilines is 1. The lowest BCUT2D eigenvalue weighted by Gasteiger charge is -2.16. The van der Waals surface area contributed by atoms with Crippen molar-refractivity contribution in [2.45, 2.75) is 20.8 Å². The van der Waals surface area contributed by atoms with Gasteiger partial charge in [0.25, 0.3) is 11.6 Å². The summed E-state index contributed by atoms with van der Waals surface area (Å²) in [6, 6.07) is 4.13. The second-order valence-electron chi connectivity index (χ2n) is 5.06. The standard InChI is InChI=1S/C13H20N4O3/c1-8(2)9(3)7-15-13(18)10-4-5-11(16-14)12(6-10)17(19)20/h4-6,8-9,16H,7,14H2,1-3H3,(H,15,18). The van der Waals surface area contributed by atoms with Gasteiger partial charge in [-0.3, -0.25) is 20.8 Å². The number of nitrogens with two attached hydrogens (primary N) is 1. The van der Waals surface area contributed by atoms with Crippen LogP contribution < -0.4 is 16.6 Å². The van der Waals surface area contributed by atoms with Gasteiger partial charge in [0.15, 0.2) is 0 Å². The van der Waals surface area contributed by atoms with E-state index in [1.54, 1.807) is 0 Å². The Labute approximate surface area is 117 Å². The average Bonchev–Trinajstić information content (AvgIpc) is 2.43. The fraction of sp³-hybridized carbons (Fsp3) is 0.462. The predicted octanol–water partition coefficient (Wildman–Crippen LogP) is 1.90. The second kappa shape index (κ2) is 6.85. The third-order valence-electron chi connectivity index (χ3n) is 3.33. The van der Waals surface area contributed by atoms with Crippen LogP contribution in [0.3, 0.4) is 0 Å². The van der Waals surface area contributed by atoms with Crippen LogP contribution in [-0.2, 0) is 0 Å². The van der Waals surface area contributed by atoms with Crippen molar-refractivity contribution in [3.05, 3.63) is 33.9 Å². The summed E-state index contributed by atoms with van der Waals surface area (Å²) in [5.41, 5.74) is 2.42. The Morgan fingerprint density at radius 2 is 2.05 bits per heavy atom. The molecule has 1 unspecified atom stereocenters. The largest absolute Gasteiger partial charge is 0.352 e. The van der Waals surface area contributed by atoms with Gasteiger partial charge in [-0.2, -0.15) is 0 Å². The van der Waals surface area contributed by atoms with Gasteiger partial charge in [-0.25, -0.2) is 0 Å². The molecule has 1 aromatic carbocycles. The normalized spacial score (nSPS) is 12.1. The second-order valence-corrected chi connectivity index (χ2v) is 5.06. The molecular weight excluding hydrogens is 260 g/mol. The number of rotatable bonds is 6. The number of carbonyl (C=O) groups excluding carboxylic acids is 1. The maximum atomic E-state index is 12.0. The number of hydrazine groups is 1. The first-order chi connectivity index (χ1) is 9.36. The maximum absolute atomic E-state index is 12.0. The SMILES string of the molecule is CC(C)C(C)CNC(=O)c1ccc(NN)c([N+](=O)[O-])c1. The molecule has 7 heteroatoms. The topological polar surface area (TPSA) is 110 Å². The molecular formula is C13H20N4O3. The molecule has 0 aliphatic rings. The van der Waals surface area contributed by atoms with Crippen molar-refractivity contribution in [3.63, 3.8) is 0 Å². The lowest BCUT2D eigenvalue weighted by atomic mass is 9.98. The Hall–Kier alpha value is -2.15. The highest BCUT2D eigenvalue weighted by Gasteiger charge is 2.17. The molecule has 1 amide bonds. The molecule has 0 aliphatic carbocycles. The van der Waals surface area contributed by atoms with Crippen LogP contribution in [0.5, 0.6) is 0 Å². The maximum Gasteiger partial charge on any atom is 0.294 e. The molecule has 0 fully saturated rings. The van der Waals surface area contributed by atoms with Crippen LogP contribution in [0.25, 0.3) is 0 Å². The number of nitro benzene ring substituents is 1. The van der Waals surface area contributed by atoms with Gasteiger partial charge in [0.2, 0.25) is 0 Å². The van der Waals surface area contributed by atoms with E-state index in [0.29, 0.717) is 18.4 Å². The molecule has 0 saturated heterocycles. The van der Waals surface area contributed by atoms with E-state index in [2.05, 4.69) is 24.6 Å². The first-order valence-electron chi connectivity index (χ1n) is 6.40. The van der Waals surface area contributed by atoms with E-state index in [0.717, 1.165) is 0 Å². The van der Waals surface area contributed by atoms with Gasteiger partial charge in [-0.15, -0.1) is 0 Å². The summed E-state index contributed by atoms with van der Waals surface area (Å²) in [4.78, 5) is 22.3. The first-order valence-corrected chi connectivity index (χ1v) is 6.40. The van der Waals surface area contributed by atoms with Crippen molar-refractivity contribution in [2.75, 3.05) is 12.0 Å². The third kappa shape index (κ3) is 3.92. The van der Waals surface area contributed by atoms with Gasteiger partial charge in [-0.1, -0.05) is 20.8 Å². The third-order valence-corrected chi connectivity index (χ3v) is 3.33. The van der Waals surface area contributed by atoms with Crippen LogP contribution in [0, 0.1) is 22.0 Å². The summed E-state index contributed by atoms with van der Waals surface area (Å²) >= 11 is 0. The van der Waals surface area contributed by atoms with Crippen LogP contribution in [0.2, 0.25) is 0 Å². The van der Waals surface area contributed by atoms with Crippen molar-refractivity contribution in [1.29, 1.82) is 0 Å².